The minimum atomic E-state index is -0.825. The maximum absolute atomic E-state index is 9.48. The molecule has 1 saturated heterocycles. The van der Waals surface area contributed by atoms with E-state index in [1.165, 1.54) is 0 Å². The fourth-order valence-corrected chi connectivity index (χ4v) is 1.42. The van der Waals surface area contributed by atoms with E-state index in [-0.39, 0.29) is 6.04 Å². The summed E-state index contributed by atoms with van der Waals surface area (Å²) in [5, 5.41) is 18.8. The molecule has 1 heterocycles. The van der Waals surface area contributed by atoms with Gasteiger partial charge in [-0.05, 0) is 12.8 Å². The highest BCUT2D eigenvalue weighted by atomic mass is 16.5. The smallest absolute Gasteiger partial charge is 0.108 e. The lowest BCUT2D eigenvalue weighted by Gasteiger charge is -2.35. The van der Waals surface area contributed by atoms with Gasteiger partial charge in [-0.25, -0.2) is 0 Å². The largest absolute Gasteiger partial charge is 0.390 e. The second kappa shape index (κ2) is 4.18. The van der Waals surface area contributed by atoms with Gasteiger partial charge in [0.2, 0.25) is 0 Å². The van der Waals surface area contributed by atoms with Crippen LogP contribution in [0, 0.1) is 0 Å². The van der Waals surface area contributed by atoms with Crippen LogP contribution < -0.4 is 5.73 Å². The predicted molar refractivity (Wildman–Crippen MR) is 44.6 cm³/mol. The predicted octanol–water partition coefficient (Wildman–Crippen LogP) is -0.766. The number of ether oxygens (including phenoxy) is 1. The van der Waals surface area contributed by atoms with Crippen molar-refractivity contribution in [2.24, 2.45) is 5.73 Å². The first-order valence-corrected chi connectivity index (χ1v) is 4.40. The Morgan fingerprint density at radius 3 is 2.83 bits per heavy atom. The summed E-state index contributed by atoms with van der Waals surface area (Å²) in [6, 6.07) is -0.185. The first kappa shape index (κ1) is 9.92. The number of rotatable bonds is 2. The Balaban J connectivity index is 2.51. The van der Waals surface area contributed by atoms with Crippen LogP contribution in [0.5, 0.6) is 0 Å². The summed E-state index contributed by atoms with van der Waals surface area (Å²) in [7, 11) is 0. The van der Waals surface area contributed by atoms with Crippen molar-refractivity contribution in [1.82, 2.24) is 0 Å². The zero-order chi connectivity index (χ0) is 9.14. The molecule has 0 aromatic heterocycles. The molecule has 4 heteroatoms. The number of nitrogens with two attached hydrogens (primary N) is 1. The summed E-state index contributed by atoms with van der Waals surface area (Å²) in [6.07, 6.45) is -0.670. The van der Waals surface area contributed by atoms with Gasteiger partial charge in [-0.3, -0.25) is 0 Å². The zero-order valence-corrected chi connectivity index (χ0v) is 7.31. The van der Waals surface area contributed by atoms with E-state index in [1.807, 2.05) is 6.92 Å². The molecule has 1 fully saturated rings. The number of hydrogen-bond acceptors (Lipinski definition) is 4. The molecule has 4 N–H and O–H groups in total. The summed E-state index contributed by atoms with van der Waals surface area (Å²) >= 11 is 0. The third kappa shape index (κ3) is 1.95. The van der Waals surface area contributed by atoms with Gasteiger partial charge in [-0.2, -0.15) is 0 Å². The molecule has 4 nitrogen and oxygen atoms in total. The highest BCUT2D eigenvalue weighted by Gasteiger charge is 2.34. The maximum Gasteiger partial charge on any atom is 0.108 e. The Labute approximate surface area is 72.3 Å². The molecule has 0 aromatic rings. The third-order valence-electron chi connectivity index (χ3n) is 2.35. The van der Waals surface area contributed by atoms with Gasteiger partial charge >= 0.3 is 0 Å². The Hall–Kier alpha value is -0.160. The molecule has 0 bridgehead atoms. The molecule has 0 radical (unpaired) electrons. The summed E-state index contributed by atoms with van der Waals surface area (Å²) in [6.45, 7) is 2.42. The van der Waals surface area contributed by atoms with Gasteiger partial charge in [0.05, 0.1) is 6.10 Å². The topological polar surface area (TPSA) is 75.7 Å². The van der Waals surface area contributed by atoms with E-state index >= 15 is 0 Å². The van der Waals surface area contributed by atoms with E-state index in [0.717, 1.165) is 6.42 Å². The van der Waals surface area contributed by atoms with Gasteiger partial charge < -0.3 is 20.7 Å². The van der Waals surface area contributed by atoms with E-state index in [4.69, 9.17) is 10.5 Å². The summed E-state index contributed by atoms with van der Waals surface area (Å²) in [4.78, 5) is 0. The molecule has 4 atom stereocenters. The van der Waals surface area contributed by atoms with Crippen molar-refractivity contribution in [1.29, 1.82) is 0 Å². The third-order valence-corrected chi connectivity index (χ3v) is 2.35. The molecular weight excluding hydrogens is 158 g/mol. The first-order chi connectivity index (χ1) is 5.66. The van der Waals surface area contributed by atoms with E-state index in [2.05, 4.69) is 0 Å². The van der Waals surface area contributed by atoms with Gasteiger partial charge in [0.25, 0.3) is 0 Å². The Morgan fingerprint density at radius 2 is 2.25 bits per heavy atom. The van der Waals surface area contributed by atoms with Crippen molar-refractivity contribution in [3.63, 3.8) is 0 Å². The monoisotopic (exact) mass is 175 g/mol. The van der Waals surface area contributed by atoms with Crippen LogP contribution in [0.15, 0.2) is 0 Å². The number of aliphatic hydroxyl groups excluding tert-OH is 2. The van der Waals surface area contributed by atoms with Gasteiger partial charge in [0.1, 0.15) is 12.2 Å². The molecule has 0 spiro atoms. The SMILES string of the molecule is CCC(N)[C@H]1OCC[C@@H](O)[C@H]1O. The molecule has 0 aliphatic carbocycles. The standard InChI is InChI=1S/C8H17NO3/c1-2-5(9)8-7(11)6(10)3-4-12-8/h5-8,10-11H,2-4,9H2,1H3/t5?,6-,7-,8-/m1/s1. The molecule has 1 unspecified atom stereocenters. The summed E-state index contributed by atoms with van der Waals surface area (Å²) in [5.41, 5.74) is 5.70. The Kier molecular flexibility index (Phi) is 3.46. The van der Waals surface area contributed by atoms with Crippen LogP contribution in [0.25, 0.3) is 0 Å². The van der Waals surface area contributed by atoms with Crippen molar-refractivity contribution < 1.29 is 14.9 Å². The molecule has 1 rings (SSSR count). The molecular formula is C8H17NO3. The molecule has 0 amide bonds. The van der Waals surface area contributed by atoms with Crippen molar-refractivity contribution in [3.05, 3.63) is 0 Å². The van der Waals surface area contributed by atoms with Crippen LogP contribution in [0.1, 0.15) is 19.8 Å². The highest BCUT2D eigenvalue weighted by molar-refractivity contribution is 4.87. The van der Waals surface area contributed by atoms with Crippen LogP contribution in [-0.2, 0) is 4.74 Å². The Morgan fingerprint density at radius 1 is 1.58 bits per heavy atom. The Bertz CT molecular complexity index is 142. The maximum atomic E-state index is 9.48. The second-order valence-corrected chi connectivity index (χ2v) is 3.25. The van der Waals surface area contributed by atoms with E-state index in [9.17, 15) is 10.2 Å². The van der Waals surface area contributed by atoms with E-state index < -0.39 is 18.3 Å². The molecule has 1 aliphatic heterocycles. The van der Waals surface area contributed by atoms with Crippen molar-refractivity contribution in [2.45, 2.75) is 44.1 Å². The zero-order valence-electron chi connectivity index (χ0n) is 7.31. The van der Waals surface area contributed by atoms with Crippen LogP contribution in [0.2, 0.25) is 0 Å². The number of hydrogen-bond donors (Lipinski definition) is 3. The number of aliphatic hydroxyl groups is 2. The lowest BCUT2D eigenvalue weighted by molar-refractivity contribution is -0.142. The second-order valence-electron chi connectivity index (χ2n) is 3.25. The molecule has 0 saturated carbocycles. The highest BCUT2D eigenvalue weighted by Crippen LogP contribution is 2.17. The lowest BCUT2D eigenvalue weighted by atomic mass is 9.96. The minimum Gasteiger partial charge on any atom is -0.390 e. The van der Waals surface area contributed by atoms with Crippen LogP contribution >= 0.6 is 0 Å². The van der Waals surface area contributed by atoms with Crippen LogP contribution in [0.4, 0.5) is 0 Å². The fourth-order valence-electron chi connectivity index (χ4n) is 1.42. The van der Waals surface area contributed by atoms with Crippen molar-refractivity contribution in [3.8, 4) is 0 Å². The van der Waals surface area contributed by atoms with Gasteiger partial charge in [0, 0.05) is 12.6 Å². The molecule has 72 valence electrons. The van der Waals surface area contributed by atoms with Crippen molar-refractivity contribution in [2.75, 3.05) is 6.61 Å². The quantitative estimate of drug-likeness (QED) is 0.515. The van der Waals surface area contributed by atoms with Crippen molar-refractivity contribution >= 4 is 0 Å². The van der Waals surface area contributed by atoms with Crippen LogP contribution in [0.3, 0.4) is 0 Å². The van der Waals surface area contributed by atoms with Gasteiger partial charge in [-0.15, -0.1) is 0 Å². The first-order valence-electron chi connectivity index (χ1n) is 4.40. The summed E-state index contributed by atoms with van der Waals surface area (Å²) < 4.78 is 5.28. The van der Waals surface area contributed by atoms with Crippen LogP contribution in [-0.4, -0.2) is 41.2 Å². The average molecular weight is 175 g/mol. The summed E-state index contributed by atoms with van der Waals surface area (Å²) in [5.74, 6) is 0. The normalized spacial score (nSPS) is 39.5. The molecule has 1 aliphatic rings. The minimum absolute atomic E-state index is 0.185. The fraction of sp³-hybridized carbons (Fsp3) is 1.00. The lowest BCUT2D eigenvalue weighted by Crippen LogP contribution is -2.53. The van der Waals surface area contributed by atoms with Gasteiger partial charge in [0.15, 0.2) is 0 Å². The average Bonchev–Trinajstić information content (AvgIpc) is 2.08. The van der Waals surface area contributed by atoms with Gasteiger partial charge in [-0.1, -0.05) is 6.92 Å². The molecule has 0 aromatic carbocycles. The van der Waals surface area contributed by atoms with E-state index in [0.29, 0.717) is 13.0 Å². The van der Waals surface area contributed by atoms with E-state index in [1.54, 1.807) is 0 Å². The molecule has 12 heavy (non-hydrogen) atoms.